The summed E-state index contributed by atoms with van der Waals surface area (Å²) in [4.78, 5) is 0. The Labute approximate surface area is 105 Å². The molecule has 0 spiro atoms. The fourth-order valence-corrected chi connectivity index (χ4v) is 2.35. The highest BCUT2D eigenvalue weighted by Gasteiger charge is 2.19. The van der Waals surface area contributed by atoms with E-state index in [1.54, 1.807) is 0 Å². The van der Waals surface area contributed by atoms with Crippen LogP contribution in [0.15, 0.2) is 24.3 Å². The maximum Gasteiger partial charge on any atom is 0.0231 e. The van der Waals surface area contributed by atoms with Crippen LogP contribution < -0.4 is 0 Å². The minimum atomic E-state index is 0.190. The molecule has 0 bridgehead atoms. The maximum atomic E-state index is 5.84. The van der Waals surface area contributed by atoms with Crippen molar-refractivity contribution in [1.82, 2.24) is 0 Å². The van der Waals surface area contributed by atoms with Gasteiger partial charge in [-0.1, -0.05) is 52.0 Å². The van der Waals surface area contributed by atoms with E-state index >= 15 is 0 Å². The summed E-state index contributed by atoms with van der Waals surface area (Å²) in [5, 5.41) is 0. The second kappa shape index (κ2) is 5.72. The molecule has 1 unspecified atom stereocenters. The van der Waals surface area contributed by atoms with Crippen molar-refractivity contribution in [3.8, 4) is 0 Å². The van der Waals surface area contributed by atoms with Gasteiger partial charge in [0, 0.05) is 5.88 Å². The van der Waals surface area contributed by atoms with Crippen molar-refractivity contribution in [3.63, 3.8) is 0 Å². The van der Waals surface area contributed by atoms with Gasteiger partial charge in [0.1, 0.15) is 0 Å². The lowest BCUT2D eigenvalue weighted by Gasteiger charge is -2.24. The highest BCUT2D eigenvalue weighted by Crippen LogP contribution is 2.29. The van der Waals surface area contributed by atoms with Gasteiger partial charge in [0.25, 0.3) is 0 Å². The molecule has 0 saturated carbocycles. The van der Waals surface area contributed by atoms with E-state index in [1.807, 2.05) is 0 Å². The van der Waals surface area contributed by atoms with E-state index in [-0.39, 0.29) is 5.41 Å². The monoisotopic (exact) mass is 238 g/mol. The summed E-state index contributed by atoms with van der Waals surface area (Å²) in [6, 6.07) is 9.04. The molecule has 16 heavy (non-hydrogen) atoms. The predicted octanol–water partition coefficient (Wildman–Crippen LogP) is 5.11. The van der Waals surface area contributed by atoms with Crippen molar-refractivity contribution in [2.75, 3.05) is 5.88 Å². The lowest BCUT2D eigenvalue weighted by Crippen LogP contribution is -2.17. The van der Waals surface area contributed by atoms with Gasteiger partial charge >= 0.3 is 0 Å². The van der Waals surface area contributed by atoms with Crippen LogP contribution in [-0.2, 0) is 5.41 Å². The van der Waals surface area contributed by atoms with E-state index < -0.39 is 0 Å². The van der Waals surface area contributed by atoms with Crippen LogP contribution in [0, 0.1) is 0 Å². The summed E-state index contributed by atoms with van der Waals surface area (Å²) < 4.78 is 0. The van der Waals surface area contributed by atoms with Crippen LogP contribution in [0.4, 0.5) is 0 Å². The summed E-state index contributed by atoms with van der Waals surface area (Å²) in [5.41, 5.74) is 3.02. The normalized spacial score (nSPS) is 13.8. The van der Waals surface area contributed by atoms with E-state index in [1.165, 1.54) is 17.5 Å². The van der Waals surface area contributed by atoms with E-state index in [4.69, 9.17) is 11.6 Å². The van der Waals surface area contributed by atoms with E-state index in [0.29, 0.717) is 5.92 Å². The largest absolute Gasteiger partial charge is 0.127 e. The van der Waals surface area contributed by atoms with Gasteiger partial charge in [0.2, 0.25) is 0 Å². The van der Waals surface area contributed by atoms with Gasteiger partial charge < -0.3 is 0 Å². The summed E-state index contributed by atoms with van der Waals surface area (Å²) in [5.74, 6) is 1.38. The molecular formula is C15H23Cl. The molecule has 0 nitrogen and oxygen atoms in total. The molecule has 0 aromatic heterocycles. The van der Waals surface area contributed by atoms with Crippen LogP contribution in [-0.4, -0.2) is 5.88 Å². The third-order valence-electron chi connectivity index (χ3n) is 3.59. The highest BCUT2D eigenvalue weighted by atomic mass is 35.5. The zero-order chi connectivity index (χ0) is 12.2. The Balaban J connectivity index is 2.86. The number of hydrogen-bond donors (Lipinski definition) is 0. The van der Waals surface area contributed by atoms with Crippen LogP contribution in [0.3, 0.4) is 0 Å². The van der Waals surface area contributed by atoms with Gasteiger partial charge in [-0.25, -0.2) is 0 Å². The Morgan fingerprint density at radius 2 is 1.75 bits per heavy atom. The Kier molecular flexibility index (Phi) is 4.86. The Morgan fingerprint density at radius 1 is 1.19 bits per heavy atom. The SMILES string of the molecule is CCC(C)c1ccc(C(C)(C)CCCl)cc1. The van der Waals surface area contributed by atoms with Crippen molar-refractivity contribution in [2.45, 2.75) is 51.9 Å². The first-order valence-electron chi connectivity index (χ1n) is 6.17. The molecule has 0 fully saturated rings. The molecule has 1 aromatic rings. The molecule has 1 atom stereocenters. The van der Waals surface area contributed by atoms with Crippen LogP contribution in [0.5, 0.6) is 0 Å². The molecule has 1 rings (SSSR count). The average Bonchev–Trinajstić information content (AvgIpc) is 2.28. The first kappa shape index (κ1) is 13.6. The fraction of sp³-hybridized carbons (Fsp3) is 0.600. The second-order valence-corrected chi connectivity index (χ2v) is 5.63. The second-order valence-electron chi connectivity index (χ2n) is 5.25. The van der Waals surface area contributed by atoms with Gasteiger partial charge in [-0.2, -0.15) is 0 Å². The fourth-order valence-electron chi connectivity index (χ4n) is 1.88. The predicted molar refractivity (Wildman–Crippen MR) is 73.5 cm³/mol. The Bertz CT molecular complexity index is 311. The number of hydrogen-bond acceptors (Lipinski definition) is 0. The van der Waals surface area contributed by atoms with Gasteiger partial charge in [-0.05, 0) is 35.3 Å². The Morgan fingerprint density at radius 3 is 2.19 bits per heavy atom. The van der Waals surface area contributed by atoms with Crippen molar-refractivity contribution < 1.29 is 0 Å². The summed E-state index contributed by atoms with van der Waals surface area (Å²) in [7, 11) is 0. The highest BCUT2D eigenvalue weighted by molar-refractivity contribution is 6.17. The topological polar surface area (TPSA) is 0 Å². The molecule has 0 heterocycles. The molecule has 0 amide bonds. The van der Waals surface area contributed by atoms with E-state index in [0.717, 1.165) is 12.3 Å². The molecular weight excluding hydrogens is 216 g/mol. The van der Waals surface area contributed by atoms with Crippen LogP contribution >= 0.6 is 11.6 Å². The van der Waals surface area contributed by atoms with Crippen LogP contribution in [0.1, 0.15) is 57.6 Å². The molecule has 0 aliphatic heterocycles. The number of rotatable bonds is 5. The smallest absolute Gasteiger partial charge is 0.0231 e. The van der Waals surface area contributed by atoms with Gasteiger partial charge in [0.05, 0.1) is 0 Å². The molecule has 0 aliphatic carbocycles. The summed E-state index contributed by atoms with van der Waals surface area (Å²) in [6.07, 6.45) is 2.22. The van der Waals surface area contributed by atoms with Crippen molar-refractivity contribution >= 4 is 11.6 Å². The molecule has 1 heteroatoms. The summed E-state index contributed by atoms with van der Waals surface area (Å²) >= 11 is 5.84. The average molecular weight is 239 g/mol. The molecule has 0 saturated heterocycles. The van der Waals surface area contributed by atoms with Crippen molar-refractivity contribution in [2.24, 2.45) is 0 Å². The van der Waals surface area contributed by atoms with E-state index in [2.05, 4.69) is 52.0 Å². The molecule has 0 N–H and O–H groups in total. The molecule has 1 aromatic carbocycles. The molecule has 0 aliphatic rings. The third kappa shape index (κ3) is 3.25. The standard InChI is InChI=1S/C15H23Cl/c1-5-12(2)13-6-8-14(9-7-13)15(3,4)10-11-16/h6-9,12H,5,10-11H2,1-4H3. The number of benzene rings is 1. The first-order chi connectivity index (χ1) is 7.51. The lowest BCUT2D eigenvalue weighted by atomic mass is 9.81. The minimum Gasteiger partial charge on any atom is -0.127 e. The first-order valence-corrected chi connectivity index (χ1v) is 6.71. The number of halogens is 1. The van der Waals surface area contributed by atoms with Gasteiger partial charge in [-0.15, -0.1) is 11.6 Å². The van der Waals surface area contributed by atoms with Gasteiger partial charge in [-0.3, -0.25) is 0 Å². The maximum absolute atomic E-state index is 5.84. The van der Waals surface area contributed by atoms with Crippen LogP contribution in [0.2, 0.25) is 0 Å². The zero-order valence-corrected chi connectivity index (χ0v) is 11.6. The lowest BCUT2D eigenvalue weighted by molar-refractivity contribution is 0.509. The third-order valence-corrected chi connectivity index (χ3v) is 3.78. The quantitative estimate of drug-likeness (QED) is 0.626. The summed E-state index contributed by atoms with van der Waals surface area (Å²) in [6.45, 7) is 9.02. The van der Waals surface area contributed by atoms with Crippen molar-refractivity contribution in [1.29, 1.82) is 0 Å². The van der Waals surface area contributed by atoms with E-state index in [9.17, 15) is 0 Å². The molecule has 0 radical (unpaired) electrons. The molecule has 90 valence electrons. The minimum absolute atomic E-state index is 0.190. The Hall–Kier alpha value is -0.490. The number of alkyl halides is 1. The van der Waals surface area contributed by atoms with Gasteiger partial charge in [0.15, 0.2) is 0 Å². The van der Waals surface area contributed by atoms with Crippen LogP contribution in [0.25, 0.3) is 0 Å². The van der Waals surface area contributed by atoms with Crippen molar-refractivity contribution in [3.05, 3.63) is 35.4 Å². The zero-order valence-electron chi connectivity index (χ0n) is 10.9.